The number of aromatic nitrogens is 2. The molecule has 0 aliphatic carbocycles. The molecule has 0 amide bonds. The average Bonchev–Trinajstić information content (AvgIpc) is 3.48. The molecule has 0 saturated carbocycles. The predicted octanol–water partition coefficient (Wildman–Crippen LogP) is 6.99. The summed E-state index contributed by atoms with van der Waals surface area (Å²) in [6.07, 6.45) is 1.22. The molecule has 2 unspecified atom stereocenters. The Morgan fingerprint density at radius 3 is 2.38 bits per heavy atom. The second-order valence-electron chi connectivity index (χ2n) is 9.15. The van der Waals surface area contributed by atoms with Gasteiger partial charge in [0.05, 0.1) is 0 Å². The highest BCUT2D eigenvalue weighted by molar-refractivity contribution is 8.15. The highest BCUT2D eigenvalue weighted by atomic mass is 32.2. The first kappa shape index (κ1) is 25.5. The van der Waals surface area contributed by atoms with Crippen LogP contribution in [-0.2, 0) is 4.87 Å². The molecule has 0 radical (unpaired) electrons. The normalized spacial score (nSPS) is 18.2. The van der Waals surface area contributed by atoms with Crippen LogP contribution >= 0.6 is 23.1 Å². The molecule has 0 bridgehead atoms. The fourth-order valence-corrected chi connectivity index (χ4v) is 6.97. The van der Waals surface area contributed by atoms with Crippen LogP contribution in [0.15, 0.2) is 71.8 Å². The summed E-state index contributed by atoms with van der Waals surface area (Å²) in [5, 5.41) is 17.1. The van der Waals surface area contributed by atoms with Gasteiger partial charge < -0.3 is 5.73 Å². The van der Waals surface area contributed by atoms with Crippen LogP contribution in [0.2, 0.25) is 0 Å². The number of nitrogens with two attached hydrogens (primary N) is 1. The number of nitrogens with zero attached hydrogens (tertiary/aromatic N) is 4. The minimum Gasteiger partial charge on any atom is -0.324 e. The van der Waals surface area contributed by atoms with Gasteiger partial charge in [-0.05, 0) is 74.1 Å². The number of thioether (sulfide) groups is 1. The molecule has 9 heteroatoms. The highest BCUT2D eigenvalue weighted by Crippen LogP contribution is 2.54. The number of anilines is 1. The molecule has 2 atom stereocenters. The van der Waals surface area contributed by atoms with Crippen molar-refractivity contribution in [2.45, 2.75) is 44.5 Å². The van der Waals surface area contributed by atoms with Crippen molar-refractivity contribution in [2.24, 2.45) is 10.8 Å². The van der Waals surface area contributed by atoms with Gasteiger partial charge in [-0.15, -0.1) is 10.2 Å². The molecule has 4 aromatic rings. The maximum absolute atomic E-state index is 14.9. The molecule has 0 saturated heterocycles. The first-order valence-electron chi connectivity index (χ1n) is 12.0. The summed E-state index contributed by atoms with van der Waals surface area (Å²) in [6, 6.07) is 19.4. The van der Waals surface area contributed by atoms with Gasteiger partial charge in [-0.3, -0.25) is 0 Å². The Labute approximate surface area is 223 Å². The molecule has 2 heterocycles. The Balaban J connectivity index is 1.63. The quantitative estimate of drug-likeness (QED) is 0.276. The van der Waals surface area contributed by atoms with E-state index in [4.69, 9.17) is 10.8 Å². The van der Waals surface area contributed by atoms with Crippen molar-refractivity contribution in [3.63, 3.8) is 0 Å². The van der Waals surface area contributed by atoms with Crippen LogP contribution in [-0.4, -0.2) is 15.2 Å². The summed E-state index contributed by atoms with van der Waals surface area (Å²) in [6.45, 7) is 5.98. The molecule has 1 aliphatic heterocycles. The summed E-state index contributed by atoms with van der Waals surface area (Å²) in [5.74, 6) is -1.05. The number of aryl methyl sites for hydroxylation is 3. The van der Waals surface area contributed by atoms with Gasteiger partial charge in [0.25, 0.3) is 0 Å². The number of hydrogen-bond acceptors (Lipinski definition) is 7. The van der Waals surface area contributed by atoms with Gasteiger partial charge >= 0.3 is 0 Å². The van der Waals surface area contributed by atoms with Gasteiger partial charge in [0, 0.05) is 11.6 Å². The molecule has 1 aromatic heterocycles. The zero-order valence-corrected chi connectivity index (χ0v) is 22.4. The Bertz CT molecular complexity index is 1470. The summed E-state index contributed by atoms with van der Waals surface area (Å²) < 4.78 is 29.1. The summed E-state index contributed by atoms with van der Waals surface area (Å²) in [7, 11) is 0. The highest BCUT2D eigenvalue weighted by Gasteiger charge is 2.49. The molecule has 0 fully saturated rings. The van der Waals surface area contributed by atoms with Gasteiger partial charge in [-0.2, -0.15) is 5.10 Å². The molecule has 37 heavy (non-hydrogen) atoms. The Morgan fingerprint density at radius 2 is 1.68 bits per heavy atom. The third-order valence-corrected chi connectivity index (χ3v) is 8.85. The van der Waals surface area contributed by atoms with Gasteiger partial charge in [0.2, 0.25) is 5.13 Å². The molecule has 5 rings (SSSR count). The largest absolute Gasteiger partial charge is 0.324 e. The van der Waals surface area contributed by atoms with Crippen molar-refractivity contribution in [1.29, 1.82) is 0 Å². The van der Waals surface area contributed by atoms with Crippen molar-refractivity contribution in [3.05, 3.63) is 111 Å². The third kappa shape index (κ3) is 4.91. The van der Waals surface area contributed by atoms with Crippen LogP contribution in [0.25, 0.3) is 0 Å². The second kappa shape index (κ2) is 10.3. The lowest BCUT2D eigenvalue weighted by Crippen LogP contribution is -2.39. The monoisotopic (exact) mass is 535 g/mol. The maximum atomic E-state index is 14.9. The Kier molecular flexibility index (Phi) is 7.11. The van der Waals surface area contributed by atoms with Crippen LogP contribution in [0.1, 0.15) is 51.7 Å². The Morgan fingerprint density at radius 1 is 0.946 bits per heavy atom. The lowest BCUT2D eigenvalue weighted by molar-refractivity contribution is 0.483. The number of benzene rings is 3. The number of hydrazone groups is 1. The molecule has 2 N–H and O–H groups in total. The van der Waals surface area contributed by atoms with Crippen LogP contribution in [0.4, 0.5) is 13.9 Å². The maximum Gasteiger partial charge on any atom is 0.230 e. The SMILES string of the molecule is Cc1nnc(N2N=C(c3cc(F)ccc3F)SC2(CCC(N)c2ccccc2C)c2ccccc2C)s1. The van der Waals surface area contributed by atoms with E-state index in [2.05, 4.69) is 35.3 Å². The summed E-state index contributed by atoms with van der Waals surface area (Å²) >= 11 is 2.82. The number of halogens is 2. The van der Waals surface area contributed by atoms with Gasteiger partial charge in [-0.1, -0.05) is 71.6 Å². The molecular formula is C28H27F2N5S2. The fraction of sp³-hybridized carbons (Fsp3) is 0.250. The predicted molar refractivity (Wildman–Crippen MR) is 148 cm³/mol. The van der Waals surface area contributed by atoms with E-state index in [0.717, 1.165) is 39.4 Å². The zero-order valence-electron chi connectivity index (χ0n) is 20.8. The van der Waals surface area contributed by atoms with E-state index < -0.39 is 16.5 Å². The lowest BCUT2D eigenvalue weighted by Gasteiger charge is -2.37. The Hall–Kier alpha value is -3.14. The molecular weight excluding hydrogens is 508 g/mol. The second-order valence-corrected chi connectivity index (χ2v) is 11.6. The number of hydrogen-bond donors (Lipinski definition) is 1. The first-order chi connectivity index (χ1) is 17.8. The van der Waals surface area contributed by atoms with Crippen molar-refractivity contribution < 1.29 is 8.78 Å². The molecule has 5 nitrogen and oxygen atoms in total. The standard InChI is InChI=1S/C28H27F2N5S2/c1-17-8-4-6-10-21(17)25(31)14-15-28(23-11-7-5-9-18(23)2)35(27-33-32-19(3)36-27)34-26(37-28)22-16-20(29)12-13-24(22)30/h4-13,16,25H,14-15,31H2,1-3H3. The van der Waals surface area contributed by atoms with E-state index in [9.17, 15) is 8.78 Å². The van der Waals surface area contributed by atoms with Gasteiger partial charge in [0.1, 0.15) is 26.6 Å². The van der Waals surface area contributed by atoms with E-state index in [0.29, 0.717) is 23.0 Å². The van der Waals surface area contributed by atoms with Crippen LogP contribution < -0.4 is 10.7 Å². The number of rotatable bonds is 7. The first-order valence-corrected chi connectivity index (χ1v) is 13.6. The van der Waals surface area contributed by atoms with Crippen LogP contribution in [0.3, 0.4) is 0 Å². The fourth-order valence-electron chi connectivity index (χ4n) is 4.72. The zero-order chi connectivity index (χ0) is 26.2. The molecule has 0 spiro atoms. The molecule has 190 valence electrons. The average molecular weight is 536 g/mol. The van der Waals surface area contributed by atoms with Crippen LogP contribution in [0.5, 0.6) is 0 Å². The van der Waals surface area contributed by atoms with Crippen molar-refractivity contribution in [1.82, 2.24) is 10.2 Å². The lowest BCUT2D eigenvalue weighted by atomic mass is 9.91. The minimum absolute atomic E-state index is 0.120. The van der Waals surface area contributed by atoms with Crippen molar-refractivity contribution in [2.75, 3.05) is 5.01 Å². The molecule has 1 aliphatic rings. The minimum atomic E-state index is -0.786. The van der Waals surface area contributed by atoms with Crippen LogP contribution in [0, 0.1) is 32.4 Å². The van der Waals surface area contributed by atoms with E-state index in [1.807, 2.05) is 49.2 Å². The topological polar surface area (TPSA) is 67.4 Å². The van der Waals surface area contributed by atoms with E-state index in [1.165, 1.54) is 29.2 Å². The molecule has 3 aromatic carbocycles. The summed E-state index contributed by atoms with van der Waals surface area (Å²) in [5.41, 5.74) is 11.1. The van der Waals surface area contributed by atoms with Gasteiger partial charge in [-0.25, -0.2) is 13.8 Å². The smallest absolute Gasteiger partial charge is 0.230 e. The van der Waals surface area contributed by atoms with E-state index >= 15 is 0 Å². The van der Waals surface area contributed by atoms with Gasteiger partial charge in [0.15, 0.2) is 0 Å². The van der Waals surface area contributed by atoms with Crippen molar-refractivity contribution in [3.8, 4) is 0 Å². The third-order valence-electron chi connectivity index (χ3n) is 6.60. The van der Waals surface area contributed by atoms with Crippen molar-refractivity contribution >= 4 is 33.3 Å². The van der Waals surface area contributed by atoms with E-state index in [1.54, 1.807) is 0 Å². The summed E-state index contributed by atoms with van der Waals surface area (Å²) in [4.78, 5) is -0.786. The van der Waals surface area contributed by atoms with E-state index in [-0.39, 0.29) is 11.6 Å².